The van der Waals surface area contributed by atoms with Crippen molar-refractivity contribution in [2.75, 3.05) is 26.8 Å². The summed E-state index contributed by atoms with van der Waals surface area (Å²) in [4.78, 5) is 28.3. The van der Waals surface area contributed by atoms with Gasteiger partial charge in [0.1, 0.15) is 5.76 Å². The number of furan rings is 1. The minimum Gasteiger partial charge on any atom is -0.456 e. The van der Waals surface area contributed by atoms with E-state index in [1.54, 1.807) is 24.1 Å². The van der Waals surface area contributed by atoms with E-state index in [4.69, 9.17) is 9.15 Å². The van der Waals surface area contributed by atoms with Crippen molar-refractivity contribution in [3.63, 3.8) is 0 Å². The summed E-state index contributed by atoms with van der Waals surface area (Å²) in [6.07, 6.45) is 1.23. The van der Waals surface area contributed by atoms with Gasteiger partial charge < -0.3 is 19.0 Å². The monoisotopic (exact) mass is 292 g/mol. The van der Waals surface area contributed by atoms with Crippen LogP contribution in [0.15, 0.2) is 16.5 Å². The van der Waals surface area contributed by atoms with Crippen molar-refractivity contribution < 1.29 is 18.7 Å². The van der Waals surface area contributed by atoms with Crippen molar-refractivity contribution in [3.05, 3.63) is 23.7 Å². The molecule has 0 aromatic carbocycles. The van der Waals surface area contributed by atoms with Gasteiger partial charge in [-0.2, -0.15) is 0 Å². The maximum atomic E-state index is 12.5. The SMILES string of the molecule is COCCN1C(=O)C[C@@H]2[C@H]1CCN2C(=O)c1ccc(C)o1. The van der Waals surface area contributed by atoms with Gasteiger partial charge in [-0.1, -0.05) is 0 Å². The lowest BCUT2D eigenvalue weighted by molar-refractivity contribution is -0.129. The third-order valence-electron chi connectivity index (χ3n) is 4.36. The zero-order valence-corrected chi connectivity index (χ0v) is 12.4. The van der Waals surface area contributed by atoms with E-state index in [1.807, 2.05) is 11.8 Å². The summed E-state index contributed by atoms with van der Waals surface area (Å²) < 4.78 is 10.5. The predicted molar refractivity (Wildman–Crippen MR) is 74.9 cm³/mol. The number of methoxy groups -OCH3 is 1. The highest BCUT2D eigenvalue weighted by molar-refractivity contribution is 5.93. The first-order valence-electron chi connectivity index (χ1n) is 7.27. The quantitative estimate of drug-likeness (QED) is 0.832. The Hall–Kier alpha value is -1.82. The second kappa shape index (κ2) is 5.52. The lowest BCUT2D eigenvalue weighted by Crippen LogP contribution is -2.40. The summed E-state index contributed by atoms with van der Waals surface area (Å²) in [5.74, 6) is 1.07. The average molecular weight is 292 g/mol. The lowest BCUT2D eigenvalue weighted by Gasteiger charge is -2.24. The molecule has 0 radical (unpaired) electrons. The van der Waals surface area contributed by atoms with Gasteiger partial charge >= 0.3 is 0 Å². The fraction of sp³-hybridized carbons (Fsp3) is 0.600. The van der Waals surface area contributed by atoms with Crippen LogP contribution in [0.3, 0.4) is 0 Å². The van der Waals surface area contributed by atoms with Crippen molar-refractivity contribution in [2.45, 2.75) is 31.8 Å². The third kappa shape index (κ3) is 2.44. The van der Waals surface area contributed by atoms with Crippen LogP contribution in [0.4, 0.5) is 0 Å². The lowest BCUT2D eigenvalue weighted by atomic mass is 10.1. The standard InChI is InChI=1S/C15H20N2O4/c1-10-3-4-13(21-10)15(19)17-6-5-11-12(17)9-14(18)16(11)7-8-20-2/h3-4,11-12H,5-9H2,1-2H3/t11-,12-/m1/s1. The molecule has 3 rings (SSSR count). The van der Waals surface area contributed by atoms with Crippen LogP contribution in [0.5, 0.6) is 0 Å². The van der Waals surface area contributed by atoms with Crippen molar-refractivity contribution in [1.29, 1.82) is 0 Å². The van der Waals surface area contributed by atoms with Gasteiger partial charge in [0.15, 0.2) is 5.76 Å². The molecule has 114 valence electrons. The molecule has 2 fully saturated rings. The molecule has 0 bridgehead atoms. The number of fused-ring (bicyclic) bond motifs is 1. The number of likely N-dealkylation sites (tertiary alicyclic amines) is 2. The van der Waals surface area contributed by atoms with E-state index in [0.717, 1.165) is 12.2 Å². The number of carbonyl (C=O) groups is 2. The molecule has 2 saturated heterocycles. The Morgan fingerprint density at radius 2 is 2.24 bits per heavy atom. The first kappa shape index (κ1) is 14.1. The molecule has 2 aliphatic heterocycles. The molecule has 2 atom stereocenters. The molecule has 0 unspecified atom stereocenters. The second-order valence-corrected chi connectivity index (χ2v) is 5.62. The summed E-state index contributed by atoms with van der Waals surface area (Å²) in [7, 11) is 1.63. The highest BCUT2D eigenvalue weighted by Gasteiger charge is 2.48. The fourth-order valence-corrected chi connectivity index (χ4v) is 3.35. The van der Waals surface area contributed by atoms with E-state index in [0.29, 0.717) is 31.9 Å². The van der Waals surface area contributed by atoms with Crippen molar-refractivity contribution in [3.8, 4) is 0 Å². The smallest absolute Gasteiger partial charge is 0.289 e. The van der Waals surface area contributed by atoms with Crippen LogP contribution >= 0.6 is 0 Å². The Balaban J connectivity index is 1.73. The average Bonchev–Trinajstić information content (AvgIpc) is 3.12. The van der Waals surface area contributed by atoms with E-state index < -0.39 is 0 Å². The van der Waals surface area contributed by atoms with Crippen LogP contribution < -0.4 is 0 Å². The second-order valence-electron chi connectivity index (χ2n) is 5.62. The van der Waals surface area contributed by atoms with E-state index in [9.17, 15) is 9.59 Å². The minimum atomic E-state index is -0.114. The van der Waals surface area contributed by atoms with E-state index in [-0.39, 0.29) is 23.9 Å². The van der Waals surface area contributed by atoms with Crippen LogP contribution in [0, 0.1) is 6.92 Å². The minimum absolute atomic E-state index is 0.0349. The topological polar surface area (TPSA) is 63.0 Å². The highest BCUT2D eigenvalue weighted by Crippen LogP contribution is 2.33. The Kier molecular flexibility index (Phi) is 3.71. The van der Waals surface area contributed by atoms with E-state index >= 15 is 0 Å². The molecule has 6 nitrogen and oxygen atoms in total. The van der Waals surface area contributed by atoms with Gasteiger partial charge in [0.05, 0.1) is 18.7 Å². The largest absolute Gasteiger partial charge is 0.456 e. The summed E-state index contributed by atoms with van der Waals surface area (Å²) in [5, 5.41) is 0. The zero-order chi connectivity index (χ0) is 15.0. The third-order valence-corrected chi connectivity index (χ3v) is 4.36. The molecule has 1 aromatic heterocycles. The summed E-state index contributed by atoms with van der Waals surface area (Å²) >= 11 is 0. The molecule has 2 amide bonds. The normalized spacial score (nSPS) is 24.8. The van der Waals surface area contributed by atoms with Crippen LogP contribution in [-0.4, -0.2) is 60.5 Å². The maximum absolute atomic E-state index is 12.5. The van der Waals surface area contributed by atoms with Gasteiger partial charge in [0.2, 0.25) is 5.91 Å². The van der Waals surface area contributed by atoms with Gasteiger partial charge in [-0.05, 0) is 25.5 Å². The van der Waals surface area contributed by atoms with E-state index in [1.165, 1.54) is 0 Å². The van der Waals surface area contributed by atoms with Gasteiger partial charge in [0.25, 0.3) is 5.91 Å². The number of nitrogens with zero attached hydrogens (tertiary/aromatic N) is 2. The van der Waals surface area contributed by atoms with Gasteiger partial charge in [-0.25, -0.2) is 0 Å². The molecule has 3 heterocycles. The van der Waals surface area contributed by atoms with Gasteiger partial charge in [-0.3, -0.25) is 9.59 Å². The summed E-state index contributed by atoms with van der Waals surface area (Å²) in [6.45, 7) is 3.61. The molecule has 1 aromatic rings. The number of amides is 2. The highest BCUT2D eigenvalue weighted by atomic mass is 16.5. The number of carbonyl (C=O) groups excluding carboxylic acids is 2. The van der Waals surface area contributed by atoms with Crippen LogP contribution in [0.25, 0.3) is 0 Å². The molecule has 2 aliphatic rings. The molecule has 0 aliphatic carbocycles. The first-order valence-corrected chi connectivity index (χ1v) is 7.27. The van der Waals surface area contributed by atoms with E-state index in [2.05, 4.69) is 0 Å². The maximum Gasteiger partial charge on any atom is 0.289 e. The van der Waals surface area contributed by atoms with Crippen molar-refractivity contribution >= 4 is 11.8 Å². The van der Waals surface area contributed by atoms with Gasteiger partial charge in [-0.15, -0.1) is 0 Å². The molecule has 0 N–H and O–H groups in total. The summed E-state index contributed by atoms with van der Waals surface area (Å²) in [5.41, 5.74) is 0. The molecular weight excluding hydrogens is 272 g/mol. The predicted octanol–water partition coefficient (Wildman–Crippen LogP) is 1.05. The van der Waals surface area contributed by atoms with Crippen LogP contribution in [0.2, 0.25) is 0 Å². The zero-order valence-electron chi connectivity index (χ0n) is 12.4. The molecule has 0 spiro atoms. The first-order chi connectivity index (χ1) is 10.1. The fourth-order valence-electron chi connectivity index (χ4n) is 3.35. The molecule has 6 heteroatoms. The van der Waals surface area contributed by atoms with Gasteiger partial charge in [0, 0.05) is 26.6 Å². The number of rotatable bonds is 4. The Morgan fingerprint density at radius 1 is 1.43 bits per heavy atom. The number of ether oxygens (including phenoxy) is 1. The van der Waals surface area contributed by atoms with Crippen molar-refractivity contribution in [1.82, 2.24) is 9.80 Å². The Labute approximate surface area is 123 Å². The number of hydrogen-bond acceptors (Lipinski definition) is 4. The van der Waals surface area contributed by atoms with Crippen LogP contribution in [0.1, 0.15) is 29.2 Å². The Bertz CT molecular complexity index is 554. The number of aryl methyl sites for hydroxylation is 1. The molecule has 0 saturated carbocycles. The van der Waals surface area contributed by atoms with Crippen LogP contribution in [-0.2, 0) is 9.53 Å². The van der Waals surface area contributed by atoms with Crippen molar-refractivity contribution in [2.24, 2.45) is 0 Å². The number of hydrogen-bond donors (Lipinski definition) is 0. The summed E-state index contributed by atoms with van der Waals surface area (Å²) in [6, 6.07) is 3.57. The Morgan fingerprint density at radius 3 is 2.90 bits per heavy atom. The molecule has 21 heavy (non-hydrogen) atoms. The molecular formula is C15H20N2O4.